The standard InChI is InChI=1S/C30H24FN3O4S2/c31-25-10-5-4-7-21(25)19-38-24-14-12-20(13-15-24)28-22(18-34(32-28)23-8-2-1-3-9-23)17-26-29(37)33(30(39)40-26)16-6-11-27(35)36/h1-5,7-10,12-15,17-18H,6,11,16,19H2,(H,35,36). The first-order valence-electron chi connectivity index (χ1n) is 12.5. The van der Waals surface area contributed by atoms with Crippen molar-refractivity contribution < 1.29 is 23.8 Å². The van der Waals surface area contributed by atoms with Crippen LogP contribution in [0, 0.1) is 5.82 Å². The van der Waals surface area contributed by atoms with Gasteiger partial charge >= 0.3 is 5.97 Å². The number of carbonyl (C=O) groups is 2. The zero-order valence-corrected chi connectivity index (χ0v) is 22.8. The summed E-state index contributed by atoms with van der Waals surface area (Å²) in [6.07, 6.45) is 3.90. The van der Waals surface area contributed by atoms with Gasteiger partial charge in [0.1, 0.15) is 22.5 Å². The van der Waals surface area contributed by atoms with Crippen LogP contribution >= 0.6 is 24.0 Å². The van der Waals surface area contributed by atoms with Crippen LogP contribution in [0.5, 0.6) is 5.75 Å². The zero-order valence-electron chi connectivity index (χ0n) is 21.2. The number of benzene rings is 3. The summed E-state index contributed by atoms with van der Waals surface area (Å²) in [5.41, 5.74) is 3.50. The second-order valence-corrected chi connectivity index (χ2v) is 10.6. The lowest BCUT2D eigenvalue weighted by Gasteiger charge is -2.13. The fraction of sp³-hybridized carbons (Fsp3) is 0.133. The van der Waals surface area contributed by atoms with Crippen LogP contribution in [0.25, 0.3) is 23.0 Å². The molecule has 0 saturated carbocycles. The molecule has 10 heteroatoms. The van der Waals surface area contributed by atoms with E-state index in [1.54, 1.807) is 41.1 Å². The van der Waals surface area contributed by atoms with Crippen molar-refractivity contribution in [1.82, 2.24) is 14.7 Å². The molecule has 3 aromatic carbocycles. The molecule has 1 fully saturated rings. The molecular weight excluding hydrogens is 549 g/mol. The Hall–Kier alpha value is -4.28. The van der Waals surface area contributed by atoms with Crippen molar-refractivity contribution in [2.45, 2.75) is 19.4 Å². The number of rotatable bonds is 10. The average molecular weight is 574 g/mol. The van der Waals surface area contributed by atoms with Crippen LogP contribution in [-0.4, -0.2) is 42.5 Å². The highest BCUT2D eigenvalue weighted by molar-refractivity contribution is 8.26. The summed E-state index contributed by atoms with van der Waals surface area (Å²) in [6, 6.07) is 23.4. The second-order valence-electron chi connectivity index (χ2n) is 8.95. The molecule has 0 radical (unpaired) electrons. The normalized spacial score (nSPS) is 14.2. The molecule has 5 rings (SSSR count). The zero-order chi connectivity index (χ0) is 28.1. The lowest BCUT2D eigenvalue weighted by atomic mass is 10.1. The third-order valence-corrected chi connectivity index (χ3v) is 7.55. The lowest BCUT2D eigenvalue weighted by Crippen LogP contribution is -2.29. The van der Waals surface area contributed by atoms with E-state index in [-0.39, 0.29) is 31.3 Å². The monoisotopic (exact) mass is 573 g/mol. The highest BCUT2D eigenvalue weighted by atomic mass is 32.2. The number of carboxylic acid groups (broad SMARTS) is 1. The van der Waals surface area contributed by atoms with E-state index in [1.165, 1.54) is 22.7 Å². The van der Waals surface area contributed by atoms with Crippen LogP contribution in [0.2, 0.25) is 0 Å². The summed E-state index contributed by atoms with van der Waals surface area (Å²) in [6.45, 7) is 0.354. The number of halogens is 1. The Balaban J connectivity index is 1.41. The number of para-hydroxylation sites is 1. The van der Waals surface area contributed by atoms with Crippen molar-refractivity contribution >= 4 is 46.3 Å². The highest BCUT2D eigenvalue weighted by Gasteiger charge is 2.32. The van der Waals surface area contributed by atoms with Crippen molar-refractivity contribution in [3.05, 3.63) is 107 Å². The quantitative estimate of drug-likeness (QED) is 0.175. The Morgan fingerprint density at radius 1 is 1.05 bits per heavy atom. The number of ether oxygens (including phenoxy) is 1. The third kappa shape index (κ3) is 6.30. The van der Waals surface area contributed by atoms with Crippen LogP contribution < -0.4 is 4.74 Å². The van der Waals surface area contributed by atoms with E-state index in [2.05, 4.69) is 0 Å². The number of nitrogens with zero attached hydrogens (tertiary/aromatic N) is 3. The summed E-state index contributed by atoms with van der Waals surface area (Å²) in [7, 11) is 0. The van der Waals surface area contributed by atoms with Gasteiger partial charge in [-0.3, -0.25) is 14.5 Å². The fourth-order valence-electron chi connectivity index (χ4n) is 4.14. The van der Waals surface area contributed by atoms with Gasteiger partial charge in [-0.05, 0) is 55.0 Å². The highest BCUT2D eigenvalue weighted by Crippen LogP contribution is 2.35. The minimum Gasteiger partial charge on any atom is -0.489 e. The van der Waals surface area contributed by atoms with Crippen LogP contribution in [0.1, 0.15) is 24.0 Å². The number of amides is 1. The molecule has 1 aliphatic heterocycles. The van der Waals surface area contributed by atoms with Crippen LogP contribution in [0.3, 0.4) is 0 Å². The summed E-state index contributed by atoms with van der Waals surface area (Å²) < 4.78 is 21.9. The van der Waals surface area contributed by atoms with E-state index in [0.717, 1.165) is 16.8 Å². The number of carbonyl (C=O) groups excluding carboxylic acids is 1. The Kier molecular flexibility index (Phi) is 8.37. The number of thioether (sulfide) groups is 1. The van der Waals surface area contributed by atoms with Gasteiger partial charge in [0.15, 0.2) is 0 Å². The van der Waals surface area contributed by atoms with E-state index >= 15 is 0 Å². The van der Waals surface area contributed by atoms with Crippen LogP contribution in [0.15, 0.2) is 90.0 Å². The number of thiocarbonyl (C=S) groups is 1. The summed E-state index contributed by atoms with van der Waals surface area (Å²) in [5, 5.41) is 13.7. The fourth-order valence-corrected chi connectivity index (χ4v) is 5.44. The van der Waals surface area contributed by atoms with Gasteiger partial charge in [0.25, 0.3) is 5.91 Å². The Labute approximate surface area is 239 Å². The van der Waals surface area contributed by atoms with E-state index in [1.807, 2.05) is 48.7 Å². The van der Waals surface area contributed by atoms with E-state index in [4.69, 9.17) is 27.2 Å². The Morgan fingerprint density at radius 3 is 2.50 bits per heavy atom. The number of aromatic nitrogens is 2. The SMILES string of the molecule is O=C(O)CCCN1C(=O)C(=Cc2cn(-c3ccccc3)nc2-c2ccc(OCc3ccccc3F)cc2)SC1=S. The van der Waals surface area contributed by atoms with Crippen molar-refractivity contribution in [1.29, 1.82) is 0 Å². The molecule has 202 valence electrons. The first kappa shape index (κ1) is 27.3. The van der Waals surface area contributed by atoms with Crippen LogP contribution in [0.4, 0.5) is 4.39 Å². The first-order chi connectivity index (χ1) is 19.4. The lowest BCUT2D eigenvalue weighted by molar-refractivity contribution is -0.137. The van der Waals surface area contributed by atoms with Crippen molar-refractivity contribution in [2.24, 2.45) is 0 Å². The van der Waals surface area contributed by atoms with Crippen LogP contribution in [-0.2, 0) is 16.2 Å². The number of hydrogen-bond donors (Lipinski definition) is 1. The minimum atomic E-state index is -0.914. The van der Waals surface area contributed by atoms with E-state index < -0.39 is 5.97 Å². The molecular formula is C30H24FN3O4S2. The van der Waals surface area contributed by atoms with Crippen molar-refractivity contribution in [3.8, 4) is 22.7 Å². The average Bonchev–Trinajstić information content (AvgIpc) is 3.49. The molecule has 1 aromatic heterocycles. The number of carboxylic acids is 1. The maximum atomic E-state index is 13.9. The van der Waals surface area contributed by atoms with Gasteiger partial charge < -0.3 is 9.84 Å². The molecule has 40 heavy (non-hydrogen) atoms. The van der Waals surface area contributed by atoms with Gasteiger partial charge in [0.05, 0.1) is 16.3 Å². The summed E-state index contributed by atoms with van der Waals surface area (Å²) in [5.74, 6) is -0.904. The predicted molar refractivity (Wildman–Crippen MR) is 156 cm³/mol. The molecule has 4 aromatic rings. The Morgan fingerprint density at radius 2 is 1.77 bits per heavy atom. The van der Waals surface area contributed by atoms with Crippen molar-refractivity contribution in [3.63, 3.8) is 0 Å². The topological polar surface area (TPSA) is 84.7 Å². The largest absolute Gasteiger partial charge is 0.489 e. The molecule has 0 atom stereocenters. The maximum absolute atomic E-state index is 13.9. The van der Waals surface area contributed by atoms with Gasteiger partial charge in [-0.15, -0.1) is 0 Å². The predicted octanol–water partition coefficient (Wildman–Crippen LogP) is 6.32. The van der Waals surface area contributed by atoms with Gasteiger partial charge in [-0.25, -0.2) is 9.07 Å². The molecule has 1 aliphatic rings. The molecule has 1 N–H and O–H groups in total. The molecule has 0 spiro atoms. The van der Waals surface area contributed by atoms with E-state index in [0.29, 0.717) is 32.7 Å². The molecule has 2 heterocycles. The smallest absolute Gasteiger partial charge is 0.303 e. The number of hydrogen-bond acceptors (Lipinski definition) is 6. The molecule has 1 amide bonds. The minimum absolute atomic E-state index is 0.0376. The second kappa shape index (κ2) is 12.3. The van der Waals surface area contributed by atoms with Gasteiger partial charge in [-0.2, -0.15) is 5.10 Å². The van der Waals surface area contributed by atoms with Gasteiger partial charge in [-0.1, -0.05) is 60.4 Å². The molecule has 0 unspecified atom stereocenters. The van der Waals surface area contributed by atoms with Gasteiger partial charge in [0.2, 0.25) is 0 Å². The molecule has 0 aliphatic carbocycles. The molecule has 1 saturated heterocycles. The third-order valence-electron chi connectivity index (χ3n) is 6.18. The molecule has 0 bridgehead atoms. The van der Waals surface area contributed by atoms with Gasteiger partial charge in [0, 0.05) is 35.9 Å². The summed E-state index contributed by atoms with van der Waals surface area (Å²) >= 11 is 6.59. The van der Waals surface area contributed by atoms with E-state index in [9.17, 15) is 14.0 Å². The number of aliphatic carboxylic acids is 1. The Bertz CT molecular complexity index is 1590. The summed E-state index contributed by atoms with van der Waals surface area (Å²) in [4.78, 5) is 25.9. The van der Waals surface area contributed by atoms with Crippen molar-refractivity contribution in [2.75, 3.05) is 6.54 Å². The first-order valence-corrected chi connectivity index (χ1v) is 13.7. The molecule has 7 nitrogen and oxygen atoms in total. The maximum Gasteiger partial charge on any atom is 0.303 e.